The first-order chi connectivity index (χ1) is 30.6. The maximum absolute atomic E-state index is 16.1. The third-order valence-electron chi connectivity index (χ3n) is 11.6. The van der Waals surface area contributed by atoms with Gasteiger partial charge in [0.05, 0.1) is 44.5 Å². The normalized spacial score (nSPS) is 18.5. The van der Waals surface area contributed by atoms with Crippen LogP contribution in [0.25, 0.3) is 21.8 Å². The number of sulfonamides is 1. The molecule has 3 aromatic heterocycles. The van der Waals surface area contributed by atoms with Crippen molar-refractivity contribution in [3.63, 3.8) is 0 Å². The molecule has 3 fully saturated rings. The van der Waals surface area contributed by atoms with E-state index < -0.39 is 15.8 Å². The highest BCUT2D eigenvalue weighted by atomic mass is 32.2. The quantitative estimate of drug-likeness (QED) is 0.0995. The highest BCUT2D eigenvalue weighted by Crippen LogP contribution is 2.42. The van der Waals surface area contributed by atoms with Crippen LogP contribution in [-0.4, -0.2) is 89.0 Å². The summed E-state index contributed by atoms with van der Waals surface area (Å²) in [7, 11) is -3.73. The van der Waals surface area contributed by atoms with E-state index in [9.17, 15) is 22.8 Å². The van der Waals surface area contributed by atoms with Crippen molar-refractivity contribution in [3.8, 4) is 27.6 Å². The number of hydrogen-bond donors (Lipinski definition) is 3. The summed E-state index contributed by atoms with van der Waals surface area (Å²) in [5.74, 6) is -0.0146. The third-order valence-corrected chi connectivity index (χ3v) is 14.5. The number of nitrogens with one attached hydrogen (secondary N) is 3. The monoisotopic (exact) mass is 909 g/mol. The standard InChI is InChI=1S/C46H52FN9O6S2/c1-5-24-64(60,61)54-35-11-7-10-34(39(35)47)40-41(63-44(53-40)46(2,3)4)36-16-20-48-45(51-36)50-30-8-6-9-32(25-30)62-31-18-22-55(23-19-31)43(59)29-17-21-56(27-29)37-14-12-28(26-49-37)33-13-15-38(57)52-42(33)58/h6-12,14,16,20,25-26,29,31,33,54H,5,13,15,17-19,21-24,27H2,1-4H3,(H,48,50,51)(H,52,57,58)/t29-,33+/m1/s1. The van der Waals surface area contributed by atoms with Crippen molar-refractivity contribution in [2.75, 3.05) is 46.9 Å². The lowest BCUT2D eigenvalue weighted by Crippen LogP contribution is -2.44. The molecular formula is C46H52FN9O6S2. The molecular weight excluding hydrogens is 858 g/mol. The van der Waals surface area contributed by atoms with E-state index in [0.717, 1.165) is 22.8 Å². The molecule has 0 saturated carbocycles. The summed E-state index contributed by atoms with van der Waals surface area (Å²) in [6.45, 7) is 10.3. The highest BCUT2D eigenvalue weighted by molar-refractivity contribution is 7.92. The summed E-state index contributed by atoms with van der Waals surface area (Å²) in [5.41, 5.74) is 2.01. The molecule has 64 heavy (non-hydrogen) atoms. The largest absolute Gasteiger partial charge is 0.490 e. The number of ether oxygens (including phenoxy) is 1. The zero-order valence-electron chi connectivity index (χ0n) is 36.3. The lowest BCUT2D eigenvalue weighted by molar-refractivity contribution is -0.137. The fraction of sp³-hybridized carbons (Fsp3) is 0.413. The number of carbonyl (C=O) groups excluding carboxylic acids is 3. The van der Waals surface area contributed by atoms with Gasteiger partial charge in [-0.25, -0.2) is 32.7 Å². The molecule has 0 unspecified atom stereocenters. The van der Waals surface area contributed by atoms with Crippen LogP contribution in [0.15, 0.2) is 73.1 Å². The Morgan fingerprint density at radius 2 is 1.78 bits per heavy atom. The maximum Gasteiger partial charge on any atom is 0.234 e. The number of rotatable bonds is 13. The molecule has 5 aromatic rings. The second kappa shape index (κ2) is 18.6. The van der Waals surface area contributed by atoms with E-state index in [-0.39, 0.29) is 58.1 Å². The fourth-order valence-electron chi connectivity index (χ4n) is 8.22. The van der Waals surface area contributed by atoms with E-state index in [1.54, 1.807) is 37.5 Å². The van der Waals surface area contributed by atoms with Gasteiger partial charge in [-0.1, -0.05) is 45.9 Å². The number of anilines is 4. The minimum Gasteiger partial charge on any atom is -0.490 e. The van der Waals surface area contributed by atoms with Crippen molar-refractivity contribution >= 4 is 62.2 Å². The molecule has 6 heterocycles. The van der Waals surface area contributed by atoms with Crippen LogP contribution in [-0.2, 0) is 29.8 Å². The van der Waals surface area contributed by atoms with Gasteiger partial charge >= 0.3 is 0 Å². The first kappa shape index (κ1) is 44.6. The van der Waals surface area contributed by atoms with Crippen molar-refractivity contribution in [2.24, 2.45) is 5.92 Å². The molecule has 15 nitrogen and oxygen atoms in total. The molecule has 0 spiro atoms. The molecule has 0 aliphatic carbocycles. The molecule has 3 amide bonds. The number of nitrogens with zero attached hydrogens (tertiary/aromatic N) is 6. The van der Waals surface area contributed by atoms with Crippen LogP contribution in [0.5, 0.6) is 5.75 Å². The first-order valence-corrected chi connectivity index (χ1v) is 24.1. The Morgan fingerprint density at radius 3 is 2.52 bits per heavy atom. The SMILES string of the molecule is CCCS(=O)(=O)Nc1cccc(-c2nc(C(C)(C)C)sc2-c2ccnc(Nc3cccc(OC4CCN(C(=O)[C@@H]5CCN(c6ccc([C@@H]7CCC(=O)NC7=O)cn6)C5)CC4)c3)n2)c1F. The molecule has 8 rings (SSSR count). The van der Waals surface area contributed by atoms with Crippen LogP contribution in [0.3, 0.4) is 0 Å². The van der Waals surface area contributed by atoms with E-state index >= 15 is 4.39 Å². The van der Waals surface area contributed by atoms with E-state index in [0.29, 0.717) is 91.9 Å². The Kier molecular flexibility index (Phi) is 13.0. The van der Waals surface area contributed by atoms with Gasteiger partial charge in [-0.2, -0.15) is 0 Å². The van der Waals surface area contributed by atoms with E-state index in [4.69, 9.17) is 14.7 Å². The summed E-state index contributed by atoms with van der Waals surface area (Å²) in [6.07, 6.45) is 6.54. The molecule has 18 heteroatoms. The maximum atomic E-state index is 16.1. The van der Waals surface area contributed by atoms with Gasteiger partial charge in [-0.3, -0.25) is 24.4 Å². The molecule has 3 aliphatic heterocycles. The molecule has 2 aromatic carbocycles. The Labute approximate surface area is 376 Å². The second-order valence-corrected chi connectivity index (χ2v) is 20.3. The Morgan fingerprint density at radius 1 is 0.984 bits per heavy atom. The number of piperidine rings is 2. The second-order valence-electron chi connectivity index (χ2n) is 17.5. The molecule has 3 saturated heterocycles. The van der Waals surface area contributed by atoms with Crippen molar-refractivity contribution in [3.05, 3.63) is 89.4 Å². The van der Waals surface area contributed by atoms with Crippen molar-refractivity contribution in [2.45, 2.75) is 83.7 Å². The lowest BCUT2D eigenvalue weighted by atomic mass is 9.92. The van der Waals surface area contributed by atoms with Crippen LogP contribution in [0.4, 0.5) is 27.5 Å². The van der Waals surface area contributed by atoms with Gasteiger partial charge in [0.15, 0.2) is 5.82 Å². The number of hydrogen-bond acceptors (Lipinski definition) is 13. The topological polar surface area (TPSA) is 189 Å². The molecule has 3 N–H and O–H groups in total. The van der Waals surface area contributed by atoms with Gasteiger partial charge in [-0.05, 0) is 61.2 Å². The third kappa shape index (κ3) is 10.2. The minimum atomic E-state index is -3.73. The van der Waals surface area contributed by atoms with Crippen molar-refractivity contribution < 1.29 is 31.9 Å². The summed E-state index contributed by atoms with van der Waals surface area (Å²) in [6, 6.07) is 17.6. The van der Waals surface area contributed by atoms with Crippen molar-refractivity contribution in [1.29, 1.82) is 0 Å². The Bertz CT molecular complexity index is 2650. The van der Waals surface area contributed by atoms with Gasteiger partial charge in [-0.15, -0.1) is 11.3 Å². The van der Waals surface area contributed by atoms with Gasteiger partial charge in [0.2, 0.25) is 33.7 Å². The predicted molar refractivity (Wildman–Crippen MR) is 245 cm³/mol. The van der Waals surface area contributed by atoms with E-state index in [1.807, 2.05) is 62.1 Å². The number of pyridine rings is 1. The molecule has 336 valence electrons. The number of aromatic nitrogens is 4. The number of carbonyl (C=O) groups is 3. The number of halogens is 1. The molecule has 0 bridgehead atoms. The summed E-state index contributed by atoms with van der Waals surface area (Å²) in [5, 5.41) is 6.44. The smallest absolute Gasteiger partial charge is 0.234 e. The van der Waals surface area contributed by atoms with Gasteiger partial charge in [0.1, 0.15) is 17.7 Å². The molecule has 3 aliphatic rings. The fourth-order valence-corrected chi connectivity index (χ4v) is 10.5. The van der Waals surface area contributed by atoms with Crippen LogP contribution in [0.2, 0.25) is 0 Å². The number of likely N-dealkylation sites (tertiary alicyclic amines) is 1. The lowest BCUT2D eigenvalue weighted by Gasteiger charge is -2.33. The average molecular weight is 910 g/mol. The van der Waals surface area contributed by atoms with E-state index in [2.05, 4.69) is 30.2 Å². The average Bonchev–Trinajstić information content (AvgIpc) is 3.94. The number of benzene rings is 2. The summed E-state index contributed by atoms with van der Waals surface area (Å²) < 4.78 is 50.0. The van der Waals surface area contributed by atoms with Gasteiger partial charge in [0.25, 0.3) is 0 Å². The Balaban J connectivity index is 0.881. The number of thiazole rings is 1. The highest BCUT2D eigenvalue weighted by Gasteiger charge is 2.35. The van der Waals surface area contributed by atoms with E-state index in [1.165, 1.54) is 17.4 Å². The zero-order chi connectivity index (χ0) is 45.2. The summed E-state index contributed by atoms with van der Waals surface area (Å²) >= 11 is 1.40. The van der Waals surface area contributed by atoms with Crippen LogP contribution in [0, 0.1) is 11.7 Å². The first-order valence-electron chi connectivity index (χ1n) is 21.7. The summed E-state index contributed by atoms with van der Waals surface area (Å²) in [4.78, 5) is 60.9. The zero-order valence-corrected chi connectivity index (χ0v) is 37.9. The molecule has 0 radical (unpaired) electrons. The van der Waals surface area contributed by atoms with Crippen molar-refractivity contribution in [1.82, 2.24) is 30.2 Å². The predicted octanol–water partition coefficient (Wildman–Crippen LogP) is 7.41. The number of imide groups is 1. The minimum absolute atomic E-state index is 0.0753. The Hall–Kier alpha value is -6.01. The molecule has 2 atom stereocenters. The van der Waals surface area contributed by atoms with Gasteiger partial charge in [0, 0.05) is 80.6 Å². The van der Waals surface area contributed by atoms with Crippen LogP contribution < -0.4 is 25.0 Å². The number of amides is 3. The van der Waals surface area contributed by atoms with Crippen LogP contribution in [0.1, 0.15) is 82.7 Å². The van der Waals surface area contributed by atoms with Gasteiger partial charge < -0.3 is 19.9 Å². The van der Waals surface area contributed by atoms with Crippen LogP contribution >= 0.6 is 11.3 Å².